The van der Waals surface area contributed by atoms with Crippen molar-refractivity contribution < 1.29 is 14.3 Å². The van der Waals surface area contributed by atoms with Crippen LogP contribution in [0, 0.1) is 6.92 Å². The summed E-state index contributed by atoms with van der Waals surface area (Å²) in [5, 5.41) is 9.12. The first-order valence-corrected chi connectivity index (χ1v) is 11.4. The lowest BCUT2D eigenvalue weighted by Gasteiger charge is -2.21. The molecular weight excluding hydrogens is 444 g/mol. The lowest BCUT2D eigenvalue weighted by Crippen LogP contribution is -2.33. The van der Waals surface area contributed by atoms with E-state index in [1.165, 1.54) is 22.3 Å². The van der Waals surface area contributed by atoms with Gasteiger partial charge in [0.2, 0.25) is 5.76 Å². The molecule has 1 atom stereocenters. The van der Waals surface area contributed by atoms with Crippen LogP contribution in [0.4, 0.5) is 0 Å². The largest absolute Gasteiger partial charge is 0.475 e. The van der Waals surface area contributed by atoms with Crippen molar-refractivity contribution in [3.8, 4) is 0 Å². The van der Waals surface area contributed by atoms with Gasteiger partial charge in [0.15, 0.2) is 0 Å². The molecule has 1 aliphatic carbocycles. The molecule has 1 unspecified atom stereocenters. The molecule has 4 aromatic rings. The maximum atomic E-state index is 13.2. The van der Waals surface area contributed by atoms with E-state index in [1.54, 1.807) is 6.20 Å². The number of aromatic nitrogens is 2. The van der Waals surface area contributed by atoms with E-state index in [-0.39, 0.29) is 12.3 Å². The third kappa shape index (κ3) is 4.17. The number of carboxylic acids is 1. The summed E-state index contributed by atoms with van der Waals surface area (Å²) in [6.07, 6.45) is 6.60. The van der Waals surface area contributed by atoms with Gasteiger partial charge in [-0.25, -0.2) is 9.59 Å². The van der Waals surface area contributed by atoms with Gasteiger partial charge in [-0.3, -0.25) is 14.3 Å². The molecular formula is C28H24N2O5. The normalized spacial score (nSPS) is 14.3. The van der Waals surface area contributed by atoms with E-state index in [0.717, 1.165) is 34.2 Å². The standard InChI is InChI=1S/C28H24N2O5/c1-3-17-5-10-22-19(13-17)7-6-18-12-16(2)4-9-21(18)25(22)23-15-30(28(34)29-26(23)31)14-20-8-11-24(35-20)27(32)33/h4-13,15,25H,3,14H2,1-2H3,(H,32,33)(H,29,31,34). The Morgan fingerprint density at radius 3 is 2.40 bits per heavy atom. The maximum absolute atomic E-state index is 13.2. The smallest absolute Gasteiger partial charge is 0.371 e. The molecule has 1 aliphatic rings. The summed E-state index contributed by atoms with van der Waals surface area (Å²) >= 11 is 0. The molecule has 5 rings (SSSR count). The highest BCUT2D eigenvalue weighted by atomic mass is 16.4. The Bertz CT molecular complexity index is 1600. The zero-order valence-corrected chi connectivity index (χ0v) is 19.4. The fourth-order valence-corrected chi connectivity index (χ4v) is 4.63. The number of H-pyrrole nitrogens is 1. The molecule has 2 aromatic carbocycles. The first kappa shape index (κ1) is 22.4. The van der Waals surface area contributed by atoms with Crippen LogP contribution in [-0.4, -0.2) is 20.6 Å². The summed E-state index contributed by atoms with van der Waals surface area (Å²) in [4.78, 5) is 39.4. The van der Waals surface area contributed by atoms with Crippen LogP contribution in [0.5, 0.6) is 0 Å². The molecule has 0 aliphatic heterocycles. The van der Waals surface area contributed by atoms with E-state index in [9.17, 15) is 14.4 Å². The molecule has 0 amide bonds. The van der Waals surface area contributed by atoms with Crippen LogP contribution in [0.2, 0.25) is 0 Å². The highest BCUT2D eigenvalue weighted by Gasteiger charge is 2.27. The second kappa shape index (κ2) is 8.76. The molecule has 7 heteroatoms. The lowest BCUT2D eigenvalue weighted by atomic mass is 9.82. The number of carbonyl (C=O) groups is 1. The summed E-state index contributed by atoms with van der Waals surface area (Å²) < 4.78 is 6.67. The number of hydrogen-bond acceptors (Lipinski definition) is 4. The van der Waals surface area contributed by atoms with E-state index >= 15 is 0 Å². The van der Waals surface area contributed by atoms with Crippen LogP contribution in [0.3, 0.4) is 0 Å². The Morgan fingerprint density at radius 2 is 1.71 bits per heavy atom. The minimum Gasteiger partial charge on any atom is -0.475 e. The number of carboxylic acid groups (broad SMARTS) is 1. The Balaban J connectivity index is 1.69. The van der Waals surface area contributed by atoms with Crippen molar-refractivity contribution in [2.24, 2.45) is 0 Å². The number of aromatic carboxylic acids is 1. The quantitative estimate of drug-likeness (QED) is 0.398. The third-order valence-electron chi connectivity index (χ3n) is 6.41. The van der Waals surface area contributed by atoms with Crippen LogP contribution in [0.25, 0.3) is 12.2 Å². The lowest BCUT2D eigenvalue weighted by molar-refractivity contribution is 0.0660. The Kier molecular flexibility index (Phi) is 5.61. The van der Waals surface area contributed by atoms with Crippen molar-refractivity contribution in [1.82, 2.24) is 9.55 Å². The van der Waals surface area contributed by atoms with Gasteiger partial charge in [0.25, 0.3) is 5.56 Å². The zero-order chi connectivity index (χ0) is 24.7. The second-order valence-electron chi connectivity index (χ2n) is 8.76. The highest BCUT2D eigenvalue weighted by molar-refractivity contribution is 5.84. The van der Waals surface area contributed by atoms with E-state index < -0.39 is 23.1 Å². The Morgan fingerprint density at radius 1 is 1.00 bits per heavy atom. The summed E-state index contributed by atoms with van der Waals surface area (Å²) in [6, 6.07) is 15.2. The van der Waals surface area contributed by atoms with Crippen molar-refractivity contribution in [3.05, 3.63) is 126 Å². The molecule has 7 nitrogen and oxygen atoms in total. The number of benzene rings is 2. The minimum atomic E-state index is -1.19. The van der Waals surface area contributed by atoms with Gasteiger partial charge in [-0.1, -0.05) is 61.0 Å². The van der Waals surface area contributed by atoms with E-state index in [4.69, 9.17) is 9.52 Å². The van der Waals surface area contributed by atoms with Crippen molar-refractivity contribution in [2.45, 2.75) is 32.7 Å². The summed E-state index contributed by atoms with van der Waals surface area (Å²) in [6.45, 7) is 4.12. The van der Waals surface area contributed by atoms with Crippen LogP contribution in [0.15, 0.2) is 68.7 Å². The van der Waals surface area contributed by atoms with Gasteiger partial charge < -0.3 is 9.52 Å². The second-order valence-corrected chi connectivity index (χ2v) is 8.76. The molecule has 0 spiro atoms. The van der Waals surface area contributed by atoms with Gasteiger partial charge in [-0.05, 0) is 53.3 Å². The molecule has 0 saturated carbocycles. The molecule has 0 fully saturated rings. The third-order valence-corrected chi connectivity index (χ3v) is 6.41. The molecule has 0 bridgehead atoms. The van der Waals surface area contributed by atoms with Gasteiger partial charge in [0.1, 0.15) is 5.76 Å². The van der Waals surface area contributed by atoms with Crippen LogP contribution in [-0.2, 0) is 13.0 Å². The Labute approximate surface area is 201 Å². The Hall–Kier alpha value is -4.39. The van der Waals surface area contributed by atoms with Crippen molar-refractivity contribution in [1.29, 1.82) is 0 Å². The number of rotatable bonds is 5. The first-order valence-electron chi connectivity index (χ1n) is 11.4. The minimum absolute atomic E-state index is 0.0107. The number of aromatic amines is 1. The number of hydrogen-bond donors (Lipinski definition) is 2. The SMILES string of the molecule is CCc1ccc2c(c1)C=Cc1cc(C)ccc1C2c1cn(Cc2ccc(C(=O)O)o2)c(=O)[nH]c1=O. The average molecular weight is 469 g/mol. The highest BCUT2D eigenvalue weighted by Crippen LogP contribution is 2.38. The van der Waals surface area contributed by atoms with Gasteiger partial charge in [-0.15, -0.1) is 0 Å². The van der Waals surface area contributed by atoms with Crippen molar-refractivity contribution >= 4 is 18.1 Å². The maximum Gasteiger partial charge on any atom is 0.371 e. The fraction of sp³-hybridized carbons (Fsp3) is 0.179. The van der Waals surface area contributed by atoms with Gasteiger partial charge in [-0.2, -0.15) is 0 Å². The van der Waals surface area contributed by atoms with E-state index in [0.29, 0.717) is 11.3 Å². The monoisotopic (exact) mass is 468 g/mol. The van der Waals surface area contributed by atoms with Crippen LogP contribution in [0.1, 0.15) is 68.1 Å². The molecule has 2 N–H and O–H groups in total. The van der Waals surface area contributed by atoms with E-state index in [2.05, 4.69) is 48.3 Å². The summed E-state index contributed by atoms with van der Waals surface area (Å²) in [7, 11) is 0. The number of fused-ring (bicyclic) bond motifs is 2. The van der Waals surface area contributed by atoms with Gasteiger partial charge in [0, 0.05) is 17.7 Å². The number of nitrogens with one attached hydrogen (secondary N) is 1. The number of furan rings is 1. The fourth-order valence-electron chi connectivity index (χ4n) is 4.63. The molecule has 0 saturated heterocycles. The first-order chi connectivity index (χ1) is 16.8. The molecule has 0 radical (unpaired) electrons. The predicted molar refractivity (Wildman–Crippen MR) is 133 cm³/mol. The van der Waals surface area contributed by atoms with Crippen LogP contribution < -0.4 is 11.2 Å². The van der Waals surface area contributed by atoms with Crippen LogP contribution >= 0.6 is 0 Å². The number of nitrogens with zero attached hydrogens (tertiary/aromatic N) is 1. The van der Waals surface area contributed by atoms with Gasteiger partial charge >= 0.3 is 11.7 Å². The molecule has 2 aromatic heterocycles. The molecule has 2 heterocycles. The van der Waals surface area contributed by atoms with Crippen molar-refractivity contribution in [2.75, 3.05) is 0 Å². The summed E-state index contributed by atoms with van der Waals surface area (Å²) in [5.74, 6) is -1.50. The van der Waals surface area contributed by atoms with Crippen molar-refractivity contribution in [3.63, 3.8) is 0 Å². The number of aryl methyl sites for hydroxylation is 2. The predicted octanol–water partition coefficient (Wildman–Crippen LogP) is 4.41. The van der Waals surface area contributed by atoms with E-state index in [1.807, 2.05) is 19.1 Å². The average Bonchev–Trinajstić information content (AvgIpc) is 3.25. The molecule has 176 valence electrons. The molecule has 35 heavy (non-hydrogen) atoms. The van der Waals surface area contributed by atoms with Gasteiger partial charge in [0.05, 0.1) is 6.54 Å². The summed E-state index contributed by atoms with van der Waals surface area (Å²) in [5.41, 5.74) is 5.66. The zero-order valence-electron chi connectivity index (χ0n) is 19.4. The topological polar surface area (TPSA) is 105 Å².